The largest absolute Gasteiger partial charge is 0.368 e. The van der Waals surface area contributed by atoms with Crippen LogP contribution in [0.5, 0.6) is 0 Å². The Bertz CT molecular complexity index is 1240. The maximum atomic E-state index is 13.0. The van der Waals surface area contributed by atoms with Crippen LogP contribution in [0, 0.1) is 0 Å². The fourth-order valence-electron chi connectivity index (χ4n) is 5.22. The van der Waals surface area contributed by atoms with Gasteiger partial charge in [-0.2, -0.15) is 4.98 Å². The highest BCUT2D eigenvalue weighted by atomic mass is 16.2. The number of fused-ring (bicyclic) bond motifs is 1. The van der Waals surface area contributed by atoms with Crippen molar-refractivity contribution in [2.24, 2.45) is 0 Å². The number of amides is 1. The highest BCUT2D eigenvalue weighted by molar-refractivity contribution is 5.80. The zero-order chi connectivity index (χ0) is 23.7. The minimum Gasteiger partial charge on any atom is -0.368 e. The summed E-state index contributed by atoms with van der Waals surface area (Å²) < 4.78 is 1.89. The van der Waals surface area contributed by atoms with Gasteiger partial charge in [-0.3, -0.25) is 14.2 Å². The highest BCUT2D eigenvalue weighted by Crippen LogP contribution is 2.31. The van der Waals surface area contributed by atoms with E-state index in [4.69, 9.17) is 4.98 Å². The smallest absolute Gasteiger partial charge is 0.252 e. The third kappa shape index (κ3) is 4.36. The number of carbonyl (C=O) groups is 1. The Hall–Kier alpha value is -3.42. The van der Waals surface area contributed by atoms with Gasteiger partial charge >= 0.3 is 0 Å². The van der Waals surface area contributed by atoms with Crippen molar-refractivity contribution < 1.29 is 4.79 Å². The van der Waals surface area contributed by atoms with Crippen LogP contribution in [0.4, 0.5) is 17.3 Å². The summed E-state index contributed by atoms with van der Waals surface area (Å²) in [5.41, 5.74) is 3.79. The molecular formula is C26H32N6O2. The summed E-state index contributed by atoms with van der Waals surface area (Å²) in [4.78, 5) is 38.1. The maximum absolute atomic E-state index is 13.0. The van der Waals surface area contributed by atoms with Gasteiger partial charge in [-0.1, -0.05) is 19.8 Å². The van der Waals surface area contributed by atoms with E-state index >= 15 is 0 Å². The van der Waals surface area contributed by atoms with E-state index in [0.29, 0.717) is 5.95 Å². The lowest BCUT2D eigenvalue weighted by Crippen LogP contribution is -2.48. The molecule has 0 bridgehead atoms. The molecule has 0 atom stereocenters. The van der Waals surface area contributed by atoms with Crippen LogP contribution in [0.25, 0.3) is 11.0 Å². The lowest BCUT2D eigenvalue weighted by Gasteiger charge is -2.35. The molecule has 1 aromatic carbocycles. The molecule has 1 amide bonds. The number of hydrogen-bond acceptors (Lipinski definition) is 6. The molecule has 5 rings (SSSR count). The lowest BCUT2D eigenvalue weighted by atomic mass is 10.1. The van der Waals surface area contributed by atoms with Gasteiger partial charge in [0.15, 0.2) is 0 Å². The molecular weight excluding hydrogens is 428 g/mol. The maximum Gasteiger partial charge on any atom is 0.252 e. The van der Waals surface area contributed by atoms with Gasteiger partial charge in [-0.05, 0) is 49.1 Å². The van der Waals surface area contributed by atoms with Crippen molar-refractivity contribution >= 4 is 34.3 Å². The Morgan fingerprint density at radius 3 is 2.44 bits per heavy atom. The first-order valence-corrected chi connectivity index (χ1v) is 12.3. The van der Waals surface area contributed by atoms with Crippen LogP contribution in [0.1, 0.15) is 51.1 Å². The van der Waals surface area contributed by atoms with Crippen molar-refractivity contribution in [3.05, 3.63) is 52.4 Å². The van der Waals surface area contributed by atoms with Crippen molar-refractivity contribution in [1.82, 2.24) is 19.4 Å². The average molecular weight is 461 g/mol. The third-order valence-electron chi connectivity index (χ3n) is 7.16. The summed E-state index contributed by atoms with van der Waals surface area (Å²) in [6, 6.07) is 10.2. The van der Waals surface area contributed by atoms with Crippen LogP contribution in [0.2, 0.25) is 0 Å². The SMILES string of the molecule is CCc1cc(=O)n(C2CCCC2)c2nc(Nc3ccc(N4CCN(C(C)=O)CC4)cc3)ncc12. The van der Waals surface area contributed by atoms with Crippen LogP contribution in [-0.4, -0.2) is 51.5 Å². The van der Waals surface area contributed by atoms with Crippen molar-refractivity contribution in [2.45, 2.75) is 52.0 Å². The molecule has 1 N–H and O–H groups in total. The summed E-state index contributed by atoms with van der Waals surface area (Å²) in [7, 11) is 0. The zero-order valence-corrected chi connectivity index (χ0v) is 20.0. The number of anilines is 3. The molecule has 8 heteroatoms. The molecule has 2 aromatic heterocycles. The van der Waals surface area contributed by atoms with E-state index in [1.807, 2.05) is 27.8 Å². The van der Waals surface area contributed by atoms with Crippen LogP contribution in [0.15, 0.2) is 41.3 Å². The van der Waals surface area contributed by atoms with Crippen LogP contribution in [-0.2, 0) is 11.2 Å². The molecule has 3 aromatic rings. The first-order valence-electron chi connectivity index (χ1n) is 12.3. The van der Waals surface area contributed by atoms with Gasteiger partial charge in [0.25, 0.3) is 5.56 Å². The third-order valence-corrected chi connectivity index (χ3v) is 7.16. The topological polar surface area (TPSA) is 83.4 Å². The van der Waals surface area contributed by atoms with Gasteiger partial charge in [0.1, 0.15) is 5.65 Å². The summed E-state index contributed by atoms with van der Waals surface area (Å²) in [5.74, 6) is 0.633. The normalized spacial score (nSPS) is 16.9. The quantitative estimate of drug-likeness (QED) is 0.622. The number of rotatable bonds is 5. The summed E-state index contributed by atoms with van der Waals surface area (Å²) in [6.07, 6.45) is 6.97. The zero-order valence-electron chi connectivity index (χ0n) is 20.0. The van der Waals surface area contributed by atoms with Gasteiger partial charge in [-0.15, -0.1) is 0 Å². The molecule has 0 spiro atoms. The molecule has 1 aliphatic carbocycles. The van der Waals surface area contributed by atoms with Crippen molar-refractivity contribution in [2.75, 3.05) is 36.4 Å². The van der Waals surface area contributed by atoms with Crippen molar-refractivity contribution in [1.29, 1.82) is 0 Å². The molecule has 1 aliphatic heterocycles. The molecule has 8 nitrogen and oxygen atoms in total. The first kappa shape index (κ1) is 22.4. The van der Waals surface area contributed by atoms with Crippen LogP contribution in [0.3, 0.4) is 0 Å². The van der Waals surface area contributed by atoms with Gasteiger partial charge in [0, 0.05) is 68.2 Å². The number of aryl methyl sites for hydroxylation is 1. The van der Waals surface area contributed by atoms with E-state index in [1.165, 1.54) is 0 Å². The molecule has 0 unspecified atom stereocenters. The van der Waals surface area contributed by atoms with E-state index in [1.54, 1.807) is 13.0 Å². The molecule has 0 radical (unpaired) electrons. The fraction of sp³-hybridized carbons (Fsp3) is 0.462. The van der Waals surface area contributed by atoms with E-state index in [0.717, 1.165) is 86.3 Å². The minimum absolute atomic E-state index is 0.0372. The highest BCUT2D eigenvalue weighted by Gasteiger charge is 2.22. The molecule has 178 valence electrons. The Morgan fingerprint density at radius 2 is 1.79 bits per heavy atom. The number of nitrogens with one attached hydrogen (secondary N) is 1. The van der Waals surface area contributed by atoms with E-state index in [2.05, 4.69) is 34.3 Å². The second kappa shape index (κ2) is 9.44. The van der Waals surface area contributed by atoms with E-state index in [9.17, 15) is 9.59 Å². The molecule has 1 saturated carbocycles. The second-order valence-corrected chi connectivity index (χ2v) is 9.27. The van der Waals surface area contributed by atoms with E-state index < -0.39 is 0 Å². The number of hydrogen-bond donors (Lipinski definition) is 1. The predicted octanol–water partition coefficient (Wildman–Crippen LogP) is 3.88. The van der Waals surface area contributed by atoms with E-state index in [-0.39, 0.29) is 17.5 Å². The van der Waals surface area contributed by atoms with Gasteiger partial charge in [0.2, 0.25) is 11.9 Å². The second-order valence-electron chi connectivity index (χ2n) is 9.27. The number of carbonyl (C=O) groups excluding carboxylic acids is 1. The molecule has 2 fully saturated rings. The van der Waals surface area contributed by atoms with Crippen LogP contribution >= 0.6 is 0 Å². The van der Waals surface area contributed by atoms with Gasteiger partial charge in [-0.25, -0.2) is 4.98 Å². The Kier molecular flexibility index (Phi) is 6.22. The standard InChI is InChI=1S/C26H32N6O2/c1-3-19-16-24(34)32(22-6-4-5-7-22)25-23(19)17-27-26(29-25)28-20-8-10-21(11-9-20)31-14-12-30(13-15-31)18(2)33/h8-11,16-17,22H,3-7,12-15H2,1-2H3,(H,27,28,29). The molecule has 2 aliphatic rings. The summed E-state index contributed by atoms with van der Waals surface area (Å²) >= 11 is 0. The van der Waals surface area contributed by atoms with Gasteiger partial charge in [0.05, 0.1) is 0 Å². The number of pyridine rings is 1. The predicted molar refractivity (Wildman–Crippen MR) is 135 cm³/mol. The Morgan fingerprint density at radius 1 is 1.09 bits per heavy atom. The summed E-state index contributed by atoms with van der Waals surface area (Å²) in [6.45, 7) is 6.85. The number of benzene rings is 1. The number of piperazine rings is 1. The Labute approximate surface area is 199 Å². The summed E-state index contributed by atoms with van der Waals surface area (Å²) in [5, 5.41) is 4.27. The molecule has 3 heterocycles. The number of aromatic nitrogens is 3. The number of nitrogens with zero attached hydrogens (tertiary/aromatic N) is 5. The minimum atomic E-state index is 0.0372. The molecule has 1 saturated heterocycles. The monoisotopic (exact) mass is 460 g/mol. The van der Waals surface area contributed by atoms with Gasteiger partial charge < -0.3 is 15.1 Å². The Balaban J connectivity index is 1.38. The first-order chi connectivity index (χ1) is 16.5. The average Bonchev–Trinajstić information content (AvgIpc) is 3.38. The van der Waals surface area contributed by atoms with Crippen molar-refractivity contribution in [3.63, 3.8) is 0 Å². The lowest BCUT2D eigenvalue weighted by molar-refractivity contribution is -0.129. The fourth-order valence-corrected chi connectivity index (χ4v) is 5.22. The van der Waals surface area contributed by atoms with Crippen LogP contribution < -0.4 is 15.8 Å². The molecule has 34 heavy (non-hydrogen) atoms. The van der Waals surface area contributed by atoms with Crippen molar-refractivity contribution in [3.8, 4) is 0 Å².